The lowest BCUT2D eigenvalue weighted by Gasteiger charge is -2.08. The van der Waals surface area contributed by atoms with Crippen LogP contribution >= 0.6 is 0 Å². The van der Waals surface area contributed by atoms with Crippen molar-refractivity contribution in [1.29, 1.82) is 0 Å². The first-order chi connectivity index (χ1) is 6.65. The van der Waals surface area contributed by atoms with Gasteiger partial charge in [0.05, 0.1) is 0 Å². The molecule has 4 nitrogen and oxygen atoms in total. The van der Waals surface area contributed by atoms with Gasteiger partial charge in [0.15, 0.2) is 0 Å². The van der Waals surface area contributed by atoms with Crippen LogP contribution in [0.4, 0.5) is 10.1 Å². The van der Waals surface area contributed by atoms with E-state index in [2.05, 4.69) is 15.7 Å². The van der Waals surface area contributed by atoms with Gasteiger partial charge in [0, 0.05) is 12.7 Å². The van der Waals surface area contributed by atoms with Gasteiger partial charge in [-0.2, -0.15) is 0 Å². The molecule has 4 N–H and O–H groups in total. The number of hydrogen-bond acceptors (Lipinski definition) is 2. The van der Waals surface area contributed by atoms with E-state index in [0.29, 0.717) is 11.6 Å². The van der Waals surface area contributed by atoms with Crippen molar-refractivity contribution in [2.45, 2.75) is 6.92 Å². The Bertz CT molecular complexity index is 328. The zero-order valence-electron chi connectivity index (χ0n) is 8.13. The Labute approximate surface area is 82.0 Å². The first kappa shape index (κ1) is 10.5. The summed E-state index contributed by atoms with van der Waals surface area (Å²) in [6, 6.07) is 4.62. The predicted octanol–water partition coefficient (Wildman–Crippen LogP) is 0.995. The van der Waals surface area contributed by atoms with Crippen LogP contribution in [-0.4, -0.2) is 13.0 Å². The first-order valence-corrected chi connectivity index (χ1v) is 4.13. The molecule has 5 heteroatoms. The van der Waals surface area contributed by atoms with Gasteiger partial charge in [-0.05, 0) is 30.7 Å². The van der Waals surface area contributed by atoms with E-state index in [9.17, 15) is 4.39 Å². The van der Waals surface area contributed by atoms with Crippen molar-refractivity contribution in [3.8, 4) is 0 Å². The highest BCUT2D eigenvalue weighted by Gasteiger charge is 1.99. The highest BCUT2D eigenvalue weighted by Crippen LogP contribution is 2.12. The lowest BCUT2D eigenvalue weighted by Crippen LogP contribution is -2.36. The van der Waals surface area contributed by atoms with Gasteiger partial charge >= 0.3 is 0 Å². The third-order valence-corrected chi connectivity index (χ3v) is 1.67. The van der Waals surface area contributed by atoms with Crippen LogP contribution in [-0.2, 0) is 0 Å². The first-order valence-electron chi connectivity index (χ1n) is 4.13. The van der Waals surface area contributed by atoms with Gasteiger partial charge in [-0.15, -0.1) is 0 Å². The number of hydrogen-bond donors (Lipinski definition) is 3. The van der Waals surface area contributed by atoms with Gasteiger partial charge < -0.3 is 5.32 Å². The van der Waals surface area contributed by atoms with Crippen LogP contribution in [0.2, 0.25) is 0 Å². The quantitative estimate of drug-likeness (QED) is 0.272. The molecule has 76 valence electrons. The van der Waals surface area contributed by atoms with Gasteiger partial charge in [0.2, 0.25) is 5.96 Å². The number of aryl methyl sites for hydroxylation is 1. The zero-order valence-corrected chi connectivity index (χ0v) is 8.13. The van der Waals surface area contributed by atoms with E-state index in [1.165, 1.54) is 12.1 Å². The Hall–Kier alpha value is -1.62. The fourth-order valence-electron chi connectivity index (χ4n) is 1.10. The van der Waals surface area contributed by atoms with Gasteiger partial charge in [0.25, 0.3) is 0 Å². The molecule has 0 aliphatic heterocycles. The molecule has 0 bridgehead atoms. The normalized spacial score (nSPS) is 11.3. The molecule has 0 heterocycles. The molecule has 0 aliphatic rings. The molecular formula is C9H13FN4. The largest absolute Gasteiger partial charge is 0.325 e. The molecule has 14 heavy (non-hydrogen) atoms. The average Bonchev–Trinajstić information content (AvgIpc) is 2.12. The molecule has 1 rings (SSSR count). The second-order valence-corrected chi connectivity index (χ2v) is 2.86. The molecule has 0 fully saturated rings. The number of hydrazine groups is 1. The summed E-state index contributed by atoms with van der Waals surface area (Å²) in [5, 5.41) is 2.83. The van der Waals surface area contributed by atoms with Gasteiger partial charge in [-0.3, -0.25) is 10.4 Å². The second kappa shape index (κ2) is 4.57. The van der Waals surface area contributed by atoms with E-state index in [-0.39, 0.29) is 5.82 Å². The van der Waals surface area contributed by atoms with Gasteiger partial charge in [-0.1, -0.05) is 0 Å². The van der Waals surface area contributed by atoms with Crippen molar-refractivity contribution in [3.05, 3.63) is 29.6 Å². The third kappa shape index (κ3) is 2.70. The van der Waals surface area contributed by atoms with E-state index in [4.69, 9.17) is 5.84 Å². The smallest absolute Gasteiger partial charge is 0.209 e. The molecule has 0 aliphatic carbocycles. The number of halogens is 1. The standard InChI is InChI=1S/C9H13FN4/c1-6-3-7(10)5-8(4-6)13-9(12-2)14-11/h3-5H,11H2,1-2H3,(H2,12,13,14). The summed E-state index contributed by atoms with van der Waals surface area (Å²) in [4.78, 5) is 3.81. The number of guanidine groups is 1. The molecular weight excluding hydrogens is 183 g/mol. The van der Waals surface area contributed by atoms with E-state index in [1.54, 1.807) is 13.1 Å². The van der Waals surface area contributed by atoms with Crippen LogP contribution in [0.15, 0.2) is 23.2 Å². The Morgan fingerprint density at radius 3 is 2.64 bits per heavy atom. The van der Waals surface area contributed by atoms with Crippen molar-refractivity contribution < 1.29 is 4.39 Å². The Morgan fingerprint density at radius 2 is 2.14 bits per heavy atom. The fraction of sp³-hybridized carbons (Fsp3) is 0.222. The maximum absolute atomic E-state index is 13.0. The molecule has 0 radical (unpaired) electrons. The minimum absolute atomic E-state index is 0.292. The molecule has 1 aromatic carbocycles. The summed E-state index contributed by atoms with van der Waals surface area (Å²) >= 11 is 0. The zero-order chi connectivity index (χ0) is 10.6. The lowest BCUT2D eigenvalue weighted by molar-refractivity contribution is 0.627. The summed E-state index contributed by atoms with van der Waals surface area (Å²) in [6.07, 6.45) is 0. The third-order valence-electron chi connectivity index (χ3n) is 1.67. The molecule has 1 aromatic rings. The molecule has 0 spiro atoms. The number of nitrogens with two attached hydrogens (primary N) is 1. The summed E-state index contributed by atoms with van der Waals surface area (Å²) in [5.41, 5.74) is 3.80. The van der Waals surface area contributed by atoms with Crippen LogP contribution in [0, 0.1) is 12.7 Å². The molecule has 0 saturated carbocycles. The topological polar surface area (TPSA) is 62.4 Å². The highest BCUT2D eigenvalue weighted by molar-refractivity contribution is 5.93. The fourth-order valence-corrected chi connectivity index (χ4v) is 1.10. The lowest BCUT2D eigenvalue weighted by atomic mass is 10.2. The second-order valence-electron chi connectivity index (χ2n) is 2.86. The summed E-state index contributed by atoms with van der Waals surface area (Å²) in [7, 11) is 1.58. The Balaban J connectivity index is 2.86. The summed E-state index contributed by atoms with van der Waals surface area (Å²) in [5.74, 6) is 5.26. The van der Waals surface area contributed by atoms with E-state index < -0.39 is 0 Å². The number of anilines is 1. The molecule has 0 unspecified atom stereocenters. The minimum atomic E-state index is -0.292. The van der Waals surface area contributed by atoms with E-state index >= 15 is 0 Å². The van der Waals surface area contributed by atoms with Crippen LogP contribution in [0.5, 0.6) is 0 Å². The predicted molar refractivity (Wildman–Crippen MR) is 55.4 cm³/mol. The van der Waals surface area contributed by atoms with Gasteiger partial charge in [0.1, 0.15) is 5.82 Å². The summed E-state index contributed by atoms with van der Waals surface area (Å²) in [6.45, 7) is 1.81. The van der Waals surface area contributed by atoms with E-state index in [0.717, 1.165) is 5.56 Å². The molecule has 0 atom stereocenters. The van der Waals surface area contributed by atoms with E-state index in [1.807, 2.05) is 6.92 Å². The Morgan fingerprint density at radius 1 is 1.43 bits per heavy atom. The van der Waals surface area contributed by atoms with Crippen molar-refractivity contribution in [2.24, 2.45) is 10.8 Å². The van der Waals surface area contributed by atoms with Crippen LogP contribution in [0.1, 0.15) is 5.56 Å². The van der Waals surface area contributed by atoms with Crippen molar-refractivity contribution in [1.82, 2.24) is 5.43 Å². The average molecular weight is 196 g/mol. The maximum atomic E-state index is 13.0. The van der Waals surface area contributed by atoms with Crippen molar-refractivity contribution in [3.63, 3.8) is 0 Å². The number of benzene rings is 1. The van der Waals surface area contributed by atoms with Crippen LogP contribution < -0.4 is 16.6 Å². The number of nitrogens with one attached hydrogen (secondary N) is 2. The SMILES string of the molecule is CN=C(NN)Nc1cc(C)cc(F)c1. The number of aliphatic imine (C=N–C) groups is 1. The monoisotopic (exact) mass is 196 g/mol. The van der Waals surface area contributed by atoms with Crippen LogP contribution in [0.3, 0.4) is 0 Å². The molecule has 0 amide bonds. The van der Waals surface area contributed by atoms with Gasteiger partial charge in [-0.25, -0.2) is 10.2 Å². The summed E-state index contributed by atoms with van der Waals surface area (Å²) < 4.78 is 13.0. The van der Waals surface area contributed by atoms with Crippen molar-refractivity contribution >= 4 is 11.6 Å². The maximum Gasteiger partial charge on any atom is 0.209 e. The number of nitrogens with zero attached hydrogens (tertiary/aromatic N) is 1. The molecule has 0 saturated heterocycles. The minimum Gasteiger partial charge on any atom is -0.325 e. The molecule has 0 aromatic heterocycles. The highest BCUT2D eigenvalue weighted by atomic mass is 19.1. The van der Waals surface area contributed by atoms with Crippen molar-refractivity contribution in [2.75, 3.05) is 12.4 Å². The number of rotatable bonds is 1. The van der Waals surface area contributed by atoms with Crippen LogP contribution in [0.25, 0.3) is 0 Å². The Kier molecular flexibility index (Phi) is 3.41.